The van der Waals surface area contributed by atoms with Gasteiger partial charge in [0.1, 0.15) is 0 Å². The first-order valence-corrected chi connectivity index (χ1v) is 11.2. The SMILES string of the molecule is CC(=O)Nc1cccc(NC(=O)C2CCc3sc(NC(=O)c4ccc5c(c4)OCO5)nc32)c1. The minimum Gasteiger partial charge on any atom is -0.454 e. The van der Waals surface area contributed by atoms with Crippen molar-refractivity contribution in [2.45, 2.75) is 25.7 Å². The Hall–Kier alpha value is -3.92. The van der Waals surface area contributed by atoms with E-state index in [1.165, 1.54) is 18.3 Å². The van der Waals surface area contributed by atoms with Crippen LogP contribution in [0.3, 0.4) is 0 Å². The van der Waals surface area contributed by atoms with E-state index in [4.69, 9.17) is 9.47 Å². The van der Waals surface area contributed by atoms with Crippen molar-refractivity contribution >= 4 is 45.6 Å². The molecule has 2 heterocycles. The predicted molar refractivity (Wildman–Crippen MR) is 123 cm³/mol. The number of ether oxygens (including phenoxy) is 2. The van der Waals surface area contributed by atoms with E-state index in [1.54, 1.807) is 42.5 Å². The highest BCUT2D eigenvalue weighted by Crippen LogP contribution is 2.39. The molecule has 1 aliphatic carbocycles. The predicted octanol–water partition coefficient (Wildman–Crippen LogP) is 3.75. The largest absolute Gasteiger partial charge is 0.454 e. The van der Waals surface area contributed by atoms with Gasteiger partial charge in [-0.15, -0.1) is 11.3 Å². The van der Waals surface area contributed by atoms with Crippen molar-refractivity contribution in [3.05, 3.63) is 58.6 Å². The van der Waals surface area contributed by atoms with Gasteiger partial charge in [-0.2, -0.15) is 0 Å². The third-order valence-electron chi connectivity index (χ3n) is 5.34. The van der Waals surface area contributed by atoms with Crippen LogP contribution in [0.1, 0.15) is 40.2 Å². The summed E-state index contributed by atoms with van der Waals surface area (Å²) < 4.78 is 10.6. The normalized spacial score (nSPS) is 15.6. The van der Waals surface area contributed by atoms with E-state index >= 15 is 0 Å². The van der Waals surface area contributed by atoms with Crippen LogP contribution in [0.25, 0.3) is 0 Å². The molecule has 3 N–H and O–H groups in total. The van der Waals surface area contributed by atoms with Crippen molar-refractivity contribution in [2.24, 2.45) is 0 Å². The monoisotopic (exact) mass is 464 g/mol. The number of hydrogen-bond acceptors (Lipinski definition) is 7. The zero-order valence-electron chi connectivity index (χ0n) is 17.6. The second-order valence-corrected chi connectivity index (χ2v) is 8.78. The zero-order valence-corrected chi connectivity index (χ0v) is 18.5. The molecule has 1 aliphatic heterocycles. The summed E-state index contributed by atoms with van der Waals surface area (Å²) in [5.41, 5.74) is 2.32. The summed E-state index contributed by atoms with van der Waals surface area (Å²) in [7, 11) is 0. The first-order chi connectivity index (χ1) is 16.0. The number of anilines is 3. The Morgan fingerprint density at radius 1 is 1.00 bits per heavy atom. The number of thiazole rings is 1. The number of aryl methyl sites for hydroxylation is 1. The standard InChI is InChI=1S/C23H20N4O5S/c1-12(28)24-14-3-2-4-15(10-14)25-22(30)16-6-8-19-20(16)26-23(33-19)27-21(29)13-5-7-17-18(9-13)32-11-31-17/h2-5,7,9-10,16H,6,8,11H2,1H3,(H,24,28)(H,25,30)(H,26,27,29). The summed E-state index contributed by atoms with van der Waals surface area (Å²) in [4.78, 5) is 42.4. The molecule has 1 unspecified atom stereocenters. The van der Waals surface area contributed by atoms with Gasteiger partial charge < -0.3 is 20.1 Å². The molecule has 0 saturated heterocycles. The van der Waals surface area contributed by atoms with Crippen LogP contribution >= 0.6 is 11.3 Å². The fraction of sp³-hybridized carbons (Fsp3) is 0.217. The molecule has 3 amide bonds. The molecule has 3 aromatic rings. The van der Waals surface area contributed by atoms with Gasteiger partial charge in [-0.25, -0.2) is 4.98 Å². The molecule has 0 fully saturated rings. The molecule has 0 spiro atoms. The number of rotatable bonds is 5. The van der Waals surface area contributed by atoms with Gasteiger partial charge in [0.2, 0.25) is 18.6 Å². The lowest BCUT2D eigenvalue weighted by atomic mass is 10.1. The Bertz CT molecular complexity index is 1270. The van der Waals surface area contributed by atoms with Crippen molar-refractivity contribution < 1.29 is 23.9 Å². The van der Waals surface area contributed by atoms with E-state index in [2.05, 4.69) is 20.9 Å². The number of amides is 3. The Morgan fingerprint density at radius 3 is 2.61 bits per heavy atom. The molecular weight excluding hydrogens is 444 g/mol. The highest BCUT2D eigenvalue weighted by Gasteiger charge is 2.33. The van der Waals surface area contributed by atoms with Gasteiger partial charge in [-0.1, -0.05) is 6.07 Å². The van der Waals surface area contributed by atoms with Crippen LogP contribution in [0, 0.1) is 0 Å². The Morgan fingerprint density at radius 2 is 1.79 bits per heavy atom. The van der Waals surface area contributed by atoms with E-state index < -0.39 is 5.92 Å². The van der Waals surface area contributed by atoms with Crippen molar-refractivity contribution in [3.8, 4) is 11.5 Å². The molecule has 5 rings (SSSR count). The maximum absolute atomic E-state index is 12.9. The topological polar surface area (TPSA) is 119 Å². The van der Waals surface area contributed by atoms with Crippen LogP contribution in [0.2, 0.25) is 0 Å². The smallest absolute Gasteiger partial charge is 0.257 e. The molecule has 2 aliphatic rings. The van der Waals surface area contributed by atoms with E-state index in [1.807, 2.05) is 0 Å². The molecule has 9 nitrogen and oxygen atoms in total. The first kappa shape index (κ1) is 21.0. The summed E-state index contributed by atoms with van der Waals surface area (Å²) in [5, 5.41) is 8.86. The van der Waals surface area contributed by atoms with Crippen LogP contribution in [0.15, 0.2) is 42.5 Å². The molecule has 10 heteroatoms. The second kappa shape index (κ2) is 8.55. The highest BCUT2D eigenvalue weighted by atomic mass is 32.1. The van der Waals surface area contributed by atoms with Crippen molar-refractivity contribution in [1.82, 2.24) is 4.98 Å². The number of benzene rings is 2. The Labute approximate surface area is 193 Å². The van der Waals surface area contributed by atoms with Gasteiger partial charge in [0.15, 0.2) is 16.6 Å². The van der Waals surface area contributed by atoms with Crippen molar-refractivity contribution in [2.75, 3.05) is 22.7 Å². The van der Waals surface area contributed by atoms with Crippen molar-refractivity contribution in [1.29, 1.82) is 0 Å². The Kier molecular flexibility index (Phi) is 5.43. The van der Waals surface area contributed by atoms with Crippen LogP contribution < -0.4 is 25.4 Å². The third-order valence-corrected chi connectivity index (χ3v) is 6.39. The first-order valence-electron chi connectivity index (χ1n) is 10.4. The summed E-state index contributed by atoms with van der Waals surface area (Å²) in [6.07, 6.45) is 1.37. The van der Waals surface area contributed by atoms with Gasteiger partial charge in [-0.3, -0.25) is 19.7 Å². The molecule has 1 atom stereocenters. The Balaban J connectivity index is 1.27. The number of fused-ring (bicyclic) bond motifs is 2. The van der Waals surface area contributed by atoms with Gasteiger partial charge in [0.05, 0.1) is 11.6 Å². The van der Waals surface area contributed by atoms with E-state index in [0.717, 1.165) is 11.3 Å². The van der Waals surface area contributed by atoms with Crippen LogP contribution in [-0.4, -0.2) is 29.5 Å². The van der Waals surface area contributed by atoms with Gasteiger partial charge in [0, 0.05) is 28.7 Å². The molecule has 2 aromatic carbocycles. The molecule has 1 aromatic heterocycles. The fourth-order valence-corrected chi connectivity index (χ4v) is 4.88. The fourth-order valence-electron chi connectivity index (χ4n) is 3.85. The minimum absolute atomic E-state index is 0.139. The van der Waals surface area contributed by atoms with Crippen LogP contribution in [0.5, 0.6) is 11.5 Å². The average Bonchev–Trinajstić information content (AvgIpc) is 3.48. The zero-order chi connectivity index (χ0) is 22.9. The maximum atomic E-state index is 12.9. The molecule has 0 saturated carbocycles. The van der Waals surface area contributed by atoms with Gasteiger partial charge in [0.25, 0.3) is 5.91 Å². The van der Waals surface area contributed by atoms with E-state index in [-0.39, 0.29) is 24.5 Å². The van der Waals surface area contributed by atoms with E-state index in [0.29, 0.717) is 45.7 Å². The number of carbonyl (C=O) groups excluding carboxylic acids is 3. The molecule has 0 bridgehead atoms. The average molecular weight is 465 g/mol. The number of aromatic nitrogens is 1. The van der Waals surface area contributed by atoms with Gasteiger partial charge in [-0.05, 0) is 49.2 Å². The highest BCUT2D eigenvalue weighted by molar-refractivity contribution is 7.16. The van der Waals surface area contributed by atoms with E-state index in [9.17, 15) is 14.4 Å². The minimum atomic E-state index is -0.406. The number of carbonyl (C=O) groups is 3. The molecule has 33 heavy (non-hydrogen) atoms. The summed E-state index contributed by atoms with van der Waals surface area (Å²) >= 11 is 1.38. The summed E-state index contributed by atoms with van der Waals surface area (Å²) in [6, 6.07) is 12.0. The molecule has 0 radical (unpaired) electrons. The molecule has 168 valence electrons. The lowest BCUT2D eigenvalue weighted by Crippen LogP contribution is -2.20. The van der Waals surface area contributed by atoms with Gasteiger partial charge >= 0.3 is 0 Å². The van der Waals surface area contributed by atoms with Crippen LogP contribution in [-0.2, 0) is 16.0 Å². The third kappa shape index (κ3) is 4.37. The maximum Gasteiger partial charge on any atom is 0.257 e. The lowest BCUT2D eigenvalue weighted by molar-refractivity contribution is -0.117. The van der Waals surface area contributed by atoms with Crippen molar-refractivity contribution in [3.63, 3.8) is 0 Å². The number of nitrogens with zero attached hydrogens (tertiary/aromatic N) is 1. The summed E-state index contributed by atoms with van der Waals surface area (Å²) in [5.74, 6) is 0.0672. The molecular formula is C23H20N4O5S. The van der Waals surface area contributed by atoms with Crippen LogP contribution in [0.4, 0.5) is 16.5 Å². The quantitative estimate of drug-likeness (QED) is 0.529. The number of nitrogens with one attached hydrogen (secondary N) is 3. The number of hydrogen-bond donors (Lipinski definition) is 3. The lowest BCUT2D eigenvalue weighted by Gasteiger charge is -2.12. The summed E-state index contributed by atoms with van der Waals surface area (Å²) in [6.45, 7) is 1.57. The second-order valence-electron chi connectivity index (χ2n) is 7.69.